The number of rotatable bonds is 3. The molecule has 0 fully saturated rings. The maximum absolute atomic E-state index is 2.17. The molecule has 0 bridgehead atoms. The van der Waals surface area contributed by atoms with Crippen molar-refractivity contribution >= 4 is 11.8 Å². The van der Waals surface area contributed by atoms with Crippen LogP contribution in [-0.4, -0.2) is 11.5 Å². The third kappa shape index (κ3) is 6.09. The van der Waals surface area contributed by atoms with E-state index < -0.39 is 0 Å². The molecule has 0 aliphatic heterocycles. The minimum atomic E-state index is 1.17. The van der Waals surface area contributed by atoms with Crippen LogP contribution in [0.1, 0.15) is 13.8 Å². The molecule has 0 saturated heterocycles. The smallest absolute Gasteiger partial charge is 0.0113 e. The molecule has 42 valence electrons. The molecule has 0 nitrogen and oxygen atoms in total. The summed E-state index contributed by atoms with van der Waals surface area (Å²) < 4.78 is 0. The normalized spacial score (nSPS) is 10.6. The van der Waals surface area contributed by atoms with Crippen molar-refractivity contribution in [3.8, 4) is 0 Å². The Morgan fingerprint density at radius 2 is 2.29 bits per heavy atom. The Morgan fingerprint density at radius 3 is 2.71 bits per heavy atom. The molecule has 7 heavy (non-hydrogen) atoms. The van der Waals surface area contributed by atoms with Gasteiger partial charge in [-0.1, -0.05) is 19.1 Å². The molecule has 0 unspecified atom stereocenters. The topological polar surface area (TPSA) is 0 Å². The average Bonchev–Trinajstić information content (AvgIpc) is 1.69. The first kappa shape index (κ1) is 7.09. The summed E-state index contributed by atoms with van der Waals surface area (Å²) in [5, 5.41) is 0. The van der Waals surface area contributed by atoms with Crippen molar-refractivity contribution in [2.75, 3.05) is 11.5 Å². The van der Waals surface area contributed by atoms with Gasteiger partial charge in [-0.15, -0.1) is 0 Å². The summed E-state index contributed by atoms with van der Waals surface area (Å²) in [6, 6.07) is 0. The average molecular weight is 116 g/mol. The molecule has 0 aromatic rings. The maximum Gasteiger partial charge on any atom is 0.0113 e. The van der Waals surface area contributed by atoms with E-state index in [1.54, 1.807) is 0 Å². The van der Waals surface area contributed by atoms with E-state index >= 15 is 0 Å². The van der Waals surface area contributed by atoms with Gasteiger partial charge in [0.15, 0.2) is 0 Å². The van der Waals surface area contributed by atoms with Gasteiger partial charge in [0.1, 0.15) is 0 Å². The van der Waals surface area contributed by atoms with E-state index in [-0.39, 0.29) is 0 Å². The first-order valence-corrected chi connectivity index (χ1v) is 3.76. The fraction of sp³-hybridized carbons (Fsp3) is 0.667. The zero-order chi connectivity index (χ0) is 5.54. The largest absolute Gasteiger partial charge is 0.158 e. The molecular weight excluding hydrogens is 104 g/mol. The second kappa shape index (κ2) is 6.09. The Bertz CT molecular complexity index is 48.1. The van der Waals surface area contributed by atoms with Crippen LogP contribution >= 0.6 is 11.8 Å². The Morgan fingerprint density at radius 1 is 1.57 bits per heavy atom. The first-order chi connectivity index (χ1) is 3.41. The highest BCUT2D eigenvalue weighted by Gasteiger charge is 1.72. The van der Waals surface area contributed by atoms with Crippen molar-refractivity contribution in [1.82, 2.24) is 0 Å². The molecule has 0 aromatic heterocycles. The Labute approximate surface area is 50.0 Å². The van der Waals surface area contributed by atoms with E-state index in [1.807, 2.05) is 11.8 Å². The molecule has 0 aliphatic rings. The lowest BCUT2D eigenvalue weighted by Crippen LogP contribution is -1.68. The highest BCUT2D eigenvalue weighted by molar-refractivity contribution is 7.99. The first-order valence-electron chi connectivity index (χ1n) is 2.60. The number of hydrogen-bond donors (Lipinski definition) is 0. The Balaban J connectivity index is 2.69. The summed E-state index contributed by atoms with van der Waals surface area (Å²) in [5.74, 6) is 2.40. The third-order valence-electron chi connectivity index (χ3n) is 0.654. The second-order valence-corrected chi connectivity index (χ2v) is 2.55. The van der Waals surface area contributed by atoms with Crippen LogP contribution in [0.5, 0.6) is 0 Å². The summed E-state index contributed by atoms with van der Waals surface area (Å²) >= 11 is 1.95. The molecule has 0 N–H and O–H groups in total. The molecule has 1 heteroatoms. The molecule has 0 aromatic carbocycles. The van der Waals surface area contributed by atoms with Crippen molar-refractivity contribution in [3.05, 3.63) is 12.2 Å². The van der Waals surface area contributed by atoms with Crippen LogP contribution in [0, 0.1) is 0 Å². The van der Waals surface area contributed by atoms with Crippen LogP contribution in [0.4, 0.5) is 0 Å². The summed E-state index contributed by atoms with van der Waals surface area (Å²) in [5.41, 5.74) is 0. The predicted molar refractivity (Wildman–Crippen MR) is 37.8 cm³/mol. The van der Waals surface area contributed by atoms with Crippen LogP contribution in [-0.2, 0) is 0 Å². The van der Waals surface area contributed by atoms with Gasteiger partial charge in [0.05, 0.1) is 0 Å². The molecule has 0 spiro atoms. The van der Waals surface area contributed by atoms with Gasteiger partial charge < -0.3 is 0 Å². The Kier molecular flexibility index (Phi) is 6.17. The summed E-state index contributed by atoms with van der Waals surface area (Å²) in [6.07, 6.45) is 4.26. The van der Waals surface area contributed by atoms with E-state index in [1.165, 1.54) is 11.5 Å². The van der Waals surface area contributed by atoms with Gasteiger partial charge in [-0.3, -0.25) is 0 Å². The summed E-state index contributed by atoms with van der Waals surface area (Å²) in [7, 11) is 0. The van der Waals surface area contributed by atoms with Crippen LogP contribution in [0.15, 0.2) is 12.2 Å². The lowest BCUT2D eigenvalue weighted by Gasteiger charge is -1.84. The molecule has 0 saturated carbocycles. The van der Waals surface area contributed by atoms with E-state index in [9.17, 15) is 0 Å². The molecular formula is C6H12S. The molecule has 0 heterocycles. The SMILES string of the molecule is C/C=C\CSCC. The van der Waals surface area contributed by atoms with Gasteiger partial charge in [-0.25, -0.2) is 0 Å². The van der Waals surface area contributed by atoms with Crippen LogP contribution in [0.2, 0.25) is 0 Å². The highest BCUT2D eigenvalue weighted by atomic mass is 32.2. The van der Waals surface area contributed by atoms with Gasteiger partial charge >= 0.3 is 0 Å². The Hall–Kier alpha value is 0.0900. The standard InChI is InChI=1S/C6H12S/c1-3-5-6-7-4-2/h3,5H,4,6H2,1-2H3/b5-3-. The van der Waals surface area contributed by atoms with Crippen molar-refractivity contribution in [3.63, 3.8) is 0 Å². The van der Waals surface area contributed by atoms with E-state index in [0.29, 0.717) is 0 Å². The lowest BCUT2D eigenvalue weighted by molar-refractivity contribution is 1.51. The van der Waals surface area contributed by atoms with Crippen LogP contribution in [0.3, 0.4) is 0 Å². The summed E-state index contributed by atoms with van der Waals surface area (Å²) in [4.78, 5) is 0. The monoisotopic (exact) mass is 116 g/mol. The number of thioether (sulfide) groups is 1. The maximum atomic E-state index is 2.17. The van der Waals surface area contributed by atoms with Gasteiger partial charge in [0, 0.05) is 5.75 Å². The number of allylic oxidation sites excluding steroid dienone is 1. The zero-order valence-electron chi connectivity index (χ0n) is 4.98. The van der Waals surface area contributed by atoms with E-state index in [0.717, 1.165) is 0 Å². The summed E-state index contributed by atoms with van der Waals surface area (Å²) in [6.45, 7) is 4.23. The zero-order valence-corrected chi connectivity index (χ0v) is 5.79. The van der Waals surface area contributed by atoms with Gasteiger partial charge in [0.2, 0.25) is 0 Å². The minimum Gasteiger partial charge on any atom is -0.158 e. The minimum absolute atomic E-state index is 1.17. The molecule has 0 amide bonds. The van der Waals surface area contributed by atoms with Crippen LogP contribution < -0.4 is 0 Å². The van der Waals surface area contributed by atoms with Crippen molar-refractivity contribution < 1.29 is 0 Å². The highest BCUT2D eigenvalue weighted by Crippen LogP contribution is 1.96. The van der Waals surface area contributed by atoms with Gasteiger partial charge in [-0.05, 0) is 12.7 Å². The van der Waals surface area contributed by atoms with Crippen LogP contribution in [0.25, 0.3) is 0 Å². The van der Waals surface area contributed by atoms with Gasteiger partial charge in [0.25, 0.3) is 0 Å². The third-order valence-corrected chi connectivity index (χ3v) is 1.49. The quantitative estimate of drug-likeness (QED) is 0.403. The fourth-order valence-electron chi connectivity index (χ4n) is 0.282. The molecule has 0 radical (unpaired) electrons. The van der Waals surface area contributed by atoms with E-state index in [2.05, 4.69) is 26.0 Å². The van der Waals surface area contributed by atoms with Crippen molar-refractivity contribution in [1.29, 1.82) is 0 Å². The second-order valence-electron chi connectivity index (χ2n) is 1.23. The molecule has 0 aliphatic carbocycles. The van der Waals surface area contributed by atoms with Crippen molar-refractivity contribution in [2.24, 2.45) is 0 Å². The fourth-order valence-corrected chi connectivity index (χ4v) is 0.846. The van der Waals surface area contributed by atoms with E-state index in [4.69, 9.17) is 0 Å². The van der Waals surface area contributed by atoms with Gasteiger partial charge in [-0.2, -0.15) is 11.8 Å². The lowest BCUT2D eigenvalue weighted by atomic mass is 10.6. The number of hydrogen-bond acceptors (Lipinski definition) is 1. The molecule has 0 rings (SSSR count). The van der Waals surface area contributed by atoms with Crippen molar-refractivity contribution in [2.45, 2.75) is 13.8 Å². The molecule has 0 atom stereocenters. The predicted octanol–water partition coefficient (Wildman–Crippen LogP) is 2.32.